The zero-order valence-corrected chi connectivity index (χ0v) is 7.73. The molecule has 0 N–H and O–H groups in total. The lowest BCUT2D eigenvalue weighted by molar-refractivity contribution is 0.951. The Hall–Kier alpha value is -0.820. The fraction of sp³-hybridized carbons (Fsp3) is 0.300. The largest absolute Gasteiger partial charge is 0.284 e. The summed E-state index contributed by atoms with van der Waals surface area (Å²) in [4.78, 5) is 4.38. The Morgan fingerprint density at radius 3 is 3.08 bits per heavy atom. The van der Waals surface area contributed by atoms with E-state index in [4.69, 9.17) is 11.6 Å². The number of hydrogen-bond acceptors (Lipinski definition) is 1. The molecule has 0 spiro atoms. The van der Waals surface area contributed by atoms with Crippen LogP contribution in [0.5, 0.6) is 0 Å². The van der Waals surface area contributed by atoms with Crippen LogP contribution in [0.4, 0.5) is 0 Å². The van der Waals surface area contributed by atoms with Crippen LogP contribution in [0.2, 0.25) is 0 Å². The summed E-state index contributed by atoms with van der Waals surface area (Å²) in [6.45, 7) is 2.90. The molecule has 2 rings (SSSR count). The Kier molecular flexibility index (Phi) is 1.89. The second-order valence-electron chi connectivity index (χ2n) is 3.06. The standard InChI is InChI=1S/C10H10ClN/c1-7-2-3-10-8(6-7)9(11)4-5-12-10/h2-3,6H,4-5H2,1H3. The maximum atomic E-state index is 6.08. The fourth-order valence-corrected chi connectivity index (χ4v) is 1.65. The summed E-state index contributed by atoms with van der Waals surface area (Å²) in [7, 11) is 0. The molecule has 0 aliphatic carbocycles. The van der Waals surface area contributed by atoms with Crippen LogP contribution in [0.3, 0.4) is 0 Å². The molecule has 62 valence electrons. The van der Waals surface area contributed by atoms with Gasteiger partial charge in [-0.2, -0.15) is 0 Å². The third-order valence-electron chi connectivity index (χ3n) is 2.06. The summed E-state index contributed by atoms with van der Waals surface area (Å²) < 4.78 is 0. The van der Waals surface area contributed by atoms with Crippen molar-refractivity contribution in [2.24, 2.45) is 4.99 Å². The first kappa shape index (κ1) is 7.81. The number of halogens is 1. The van der Waals surface area contributed by atoms with E-state index in [2.05, 4.69) is 24.0 Å². The van der Waals surface area contributed by atoms with E-state index in [9.17, 15) is 0 Å². The van der Waals surface area contributed by atoms with Crippen LogP contribution in [0.25, 0.3) is 5.03 Å². The van der Waals surface area contributed by atoms with Crippen molar-refractivity contribution < 1.29 is 0 Å². The van der Waals surface area contributed by atoms with Crippen LogP contribution in [-0.2, 0) is 0 Å². The highest BCUT2D eigenvalue weighted by Gasteiger charge is 2.01. The predicted octanol–water partition coefficient (Wildman–Crippen LogP) is 1.37. The van der Waals surface area contributed by atoms with Crippen LogP contribution in [0.15, 0.2) is 23.2 Å². The third kappa shape index (κ3) is 1.25. The van der Waals surface area contributed by atoms with E-state index in [1.54, 1.807) is 0 Å². The highest BCUT2D eigenvalue weighted by Crippen LogP contribution is 2.07. The van der Waals surface area contributed by atoms with Gasteiger partial charge >= 0.3 is 0 Å². The molecule has 1 aromatic carbocycles. The zero-order valence-electron chi connectivity index (χ0n) is 6.97. The quantitative estimate of drug-likeness (QED) is 0.571. The summed E-state index contributed by atoms with van der Waals surface area (Å²) in [5.41, 5.74) is 1.24. The predicted molar refractivity (Wildman–Crippen MR) is 50.7 cm³/mol. The maximum absolute atomic E-state index is 6.08. The molecular formula is C10H10ClN. The second kappa shape index (κ2) is 2.91. The maximum Gasteiger partial charge on any atom is 0.0658 e. The van der Waals surface area contributed by atoms with Crippen molar-refractivity contribution in [3.63, 3.8) is 0 Å². The molecule has 1 aliphatic rings. The van der Waals surface area contributed by atoms with Gasteiger partial charge < -0.3 is 0 Å². The van der Waals surface area contributed by atoms with Gasteiger partial charge in [0, 0.05) is 23.2 Å². The Labute approximate surface area is 76.4 Å². The van der Waals surface area contributed by atoms with E-state index >= 15 is 0 Å². The molecular weight excluding hydrogens is 170 g/mol. The van der Waals surface area contributed by atoms with Crippen LogP contribution < -0.4 is 10.6 Å². The van der Waals surface area contributed by atoms with E-state index in [0.29, 0.717) is 0 Å². The van der Waals surface area contributed by atoms with Crippen LogP contribution in [0, 0.1) is 6.92 Å². The van der Waals surface area contributed by atoms with Crippen LogP contribution in [0.1, 0.15) is 12.0 Å². The highest BCUT2D eigenvalue weighted by atomic mass is 35.5. The van der Waals surface area contributed by atoms with Crippen molar-refractivity contribution in [3.8, 4) is 0 Å². The van der Waals surface area contributed by atoms with Gasteiger partial charge in [0.25, 0.3) is 0 Å². The molecule has 12 heavy (non-hydrogen) atoms. The average molecular weight is 180 g/mol. The van der Waals surface area contributed by atoms with Gasteiger partial charge in [-0.1, -0.05) is 23.2 Å². The van der Waals surface area contributed by atoms with E-state index in [0.717, 1.165) is 28.6 Å². The monoisotopic (exact) mass is 179 g/mol. The van der Waals surface area contributed by atoms with Gasteiger partial charge in [-0.05, 0) is 19.1 Å². The Bertz CT molecular complexity index is 420. The summed E-state index contributed by atoms with van der Waals surface area (Å²) in [6.07, 6.45) is 0.887. The van der Waals surface area contributed by atoms with Crippen molar-refractivity contribution in [1.82, 2.24) is 0 Å². The minimum atomic E-state index is 0.828. The molecule has 0 unspecified atom stereocenters. The van der Waals surface area contributed by atoms with Gasteiger partial charge in [0.2, 0.25) is 0 Å². The molecule has 0 saturated carbocycles. The van der Waals surface area contributed by atoms with Crippen LogP contribution in [-0.4, -0.2) is 6.54 Å². The first-order chi connectivity index (χ1) is 5.77. The summed E-state index contributed by atoms with van der Waals surface area (Å²) in [5, 5.41) is 3.10. The number of hydrogen-bond donors (Lipinski definition) is 0. The Balaban J connectivity index is 2.87. The smallest absolute Gasteiger partial charge is 0.0658 e. The molecule has 0 saturated heterocycles. The van der Waals surface area contributed by atoms with Gasteiger partial charge in [-0.3, -0.25) is 4.99 Å². The summed E-state index contributed by atoms with van der Waals surface area (Å²) in [6, 6.07) is 6.20. The third-order valence-corrected chi connectivity index (χ3v) is 2.45. The van der Waals surface area contributed by atoms with E-state index in [-0.39, 0.29) is 0 Å². The van der Waals surface area contributed by atoms with Gasteiger partial charge in [0.1, 0.15) is 0 Å². The summed E-state index contributed by atoms with van der Waals surface area (Å²) >= 11 is 6.08. The number of aryl methyl sites for hydroxylation is 1. The molecule has 0 atom stereocenters. The lowest BCUT2D eigenvalue weighted by atomic mass is 10.1. The number of rotatable bonds is 0. The first-order valence-corrected chi connectivity index (χ1v) is 4.45. The summed E-state index contributed by atoms with van der Waals surface area (Å²) in [5.74, 6) is 0. The Morgan fingerprint density at radius 2 is 2.25 bits per heavy atom. The lowest BCUT2D eigenvalue weighted by Crippen LogP contribution is -2.29. The molecule has 1 heterocycles. The molecule has 2 heteroatoms. The van der Waals surface area contributed by atoms with Gasteiger partial charge in [-0.25, -0.2) is 0 Å². The SMILES string of the molecule is Cc1ccc2c(c1)=C(Cl)CCN=2. The molecule has 1 aromatic rings. The minimum absolute atomic E-state index is 0.828. The zero-order chi connectivity index (χ0) is 8.55. The minimum Gasteiger partial charge on any atom is -0.284 e. The van der Waals surface area contributed by atoms with Crippen molar-refractivity contribution in [3.05, 3.63) is 34.3 Å². The second-order valence-corrected chi connectivity index (χ2v) is 3.51. The van der Waals surface area contributed by atoms with Crippen molar-refractivity contribution in [2.75, 3.05) is 6.54 Å². The number of fused-ring (bicyclic) bond motifs is 1. The molecule has 0 fully saturated rings. The number of benzene rings is 1. The van der Waals surface area contributed by atoms with Gasteiger partial charge in [0.15, 0.2) is 0 Å². The Morgan fingerprint density at radius 1 is 1.42 bits per heavy atom. The topological polar surface area (TPSA) is 12.4 Å². The fourth-order valence-electron chi connectivity index (χ4n) is 1.41. The molecule has 0 amide bonds. The van der Waals surface area contributed by atoms with E-state index in [1.807, 2.05) is 6.07 Å². The molecule has 0 aromatic heterocycles. The molecule has 1 nitrogen and oxygen atoms in total. The lowest BCUT2D eigenvalue weighted by Gasteiger charge is -2.03. The average Bonchev–Trinajstić information content (AvgIpc) is 2.07. The molecule has 1 aliphatic heterocycles. The first-order valence-electron chi connectivity index (χ1n) is 4.07. The van der Waals surface area contributed by atoms with Crippen molar-refractivity contribution >= 4 is 16.6 Å². The normalized spacial score (nSPS) is 15.3. The van der Waals surface area contributed by atoms with Gasteiger partial charge in [-0.15, -0.1) is 0 Å². The van der Waals surface area contributed by atoms with E-state index in [1.165, 1.54) is 5.56 Å². The van der Waals surface area contributed by atoms with Crippen molar-refractivity contribution in [1.29, 1.82) is 0 Å². The van der Waals surface area contributed by atoms with Gasteiger partial charge in [0.05, 0.1) is 5.36 Å². The molecule has 0 radical (unpaired) electrons. The highest BCUT2D eigenvalue weighted by molar-refractivity contribution is 6.45. The molecule has 0 bridgehead atoms. The van der Waals surface area contributed by atoms with Crippen molar-refractivity contribution in [2.45, 2.75) is 13.3 Å². The number of nitrogens with zero attached hydrogens (tertiary/aromatic N) is 1. The van der Waals surface area contributed by atoms with E-state index < -0.39 is 0 Å². The van der Waals surface area contributed by atoms with Crippen LogP contribution >= 0.6 is 11.6 Å².